The molecule has 1 heterocycles. The van der Waals surface area contributed by atoms with Crippen LogP contribution in [0.3, 0.4) is 0 Å². The highest BCUT2D eigenvalue weighted by molar-refractivity contribution is 5.88. The van der Waals surface area contributed by atoms with E-state index >= 15 is 0 Å². The third-order valence-corrected chi connectivity index (χ3v) is 2.28. The van der Waals surface area contributed by atoms with Gasteiger partial charge in [-0.25, -0.2) is 9.78 Å². The summed E-state index contributed by atoms with van der Waals surface area (Å²) < 4.78 is 9.84. The van der Waals surface area contributed by atoms with Gasteiger partial charge in [-0.05, 0) is 39.3 Å². The first-order chi connectivity index (χ1) is 8.73. The second-order valence-corrected chi connectivity index (χ2v) is 5.22. The molecule has 19 heavy (non-hydrogen) atoms. The van der Waals surface area contributed by atoms with Crippen LogP contribution in [0.15, 0.2) is 12.1 Å². The van der Waals surface area contributed by atoms with Crippen molar-refractivity contribution in [3.05, 3.63) is 29.1 Å². The molecule has 0 amide bonds. The van der Waals surface area contributed by atoms with E-state index in [-0.39, 0.29) is 18.1 Å². The van der Waals surface area contributed by atoms with Crippen LogP contribution >= 0.6 is 0 Å². The van der Waals surface area contributed by atoms with Crippen molar-refractivity contribution in [2.75, 3.05) is 7.11 Å². The van der Waals surface area contributed by atoms with Crippen LogP contribution in [-0.2, 0) is 20.7 Å². The fourth-order valence-electron chi connectivity index (χ4n) is 1.50. The van der Waals surface area contributed by atoms with E-state index in [1.807, 2.05) is 0 Å². The Morgan fingerprint density at radius 3 is 2.42 bits per heavy atom. The monoisotopic (exact) mass is 265 g/mol. The van der Waals surface area contributed by atoms with Crippen LogP contribution in [0.1, 0.15) is 42.5 Å². The van der Waals surface area contributed by atoms with Crippen LogP contribution < -0.4 is 0 Å². The van der Waals surface area contributed by atoms with Gasteiger partial charge < -0.3 is 9.47 Å². The van der Waals surface area contributed by atoms with Gasteiger partial charge in [0, 0.05) is 0 Å². The summed E-state index contributed by atoms with van der Waals surface area (Å²) in [4.78, 5) is 27.3. The van der Waals surface area contributed by atoms with E-state index in [0.29, 0.717) is 11.3 Å². The Labute approximate surface area is 112 Å². The van der Waals surface area contributed by atoms with Crippen LogP contribution in [0.2, 0.25) is 0 Å². The van der Waals surface area contributed by atoms with E-state index in [1.165, 1.54) is 7.11 Å². The zero-order valence-electron chi connectivity index (χ0n) is 11.9. The molecule has 0 bridgehead atoms. The van der Waals surface area contributed by atoms with Crippen molar-refractivity contribution in [3.8, 4) is 0 Å². The Hall–Kier alpha value is -1.91. The third-order valence-electron chi connectivity index (χ3n) is 2.28. The first-order valence-electron chi connectivity index (χ1n) is 5.99. The minimum atomic E-state index is -0.535. The van der Waals surface area contributed by atoms with Crippen molar-refractivity contribution in [1.29, 1.82) is 0 Å². The summed E-state index contributed by atoms with van der Waals surface area (Å²) in [7, 11) is 1.30. The number of ether oxygens (including phenoxy) is 2. The van der Waals surface area contributed by atoms with Crippen molar-refractivity contribution in [2.24, 2.45) is 0 Å². The molecular weight excluding hydrogens is 246 g/mol. The van der Waals surface area contributed by atoms with Crippen molar-refractivity contribution >= 4 is 11.9 Å². The van der Waals surface area contributed by atoms with Gasteiger partial charge in [0.1, 0.15) is 5.60 Å². The first kappa shape index (κ1) is 15.1. The summed E-state index contributed by atoms with van der Waals surface area (Å²) in [5.74, 6) is -0.886. The molecule has 1 aromatic heterocycles. The van der Waals surface area contributed by atoms with E-state index < -0.39 is 11.6 Å². The highest BCUT2D eigenvalue weighted by Gasteiger charge is 2.18. The van der Waals surface area contributed by atoms with E-state index in [0.717, 1.165) is 0 Å². The molecule has 0 aliphatic rings. The molecule has 0 radical (unpaired) electrons. The minimum absolute atomic E-state index is 0.0293. The molecule has 1 rings (SSSR count). The van der Waals surface area contributed by atoms with Crippen LogP contribution in [0, 0.1) is 6.92 Å². The SMILES string of the molecule is COC(=O)c1nc(CC(=O)OC(C)(C)C)ccc1C. The average molecular weight is 265 g/mol. The second kappa shape index (κ2) is 5.82. The predicted molar refractivity (Wildman–Crippen MR) is 69.9 cm³/mol. The lowest BCUT2D eigenvalue weighted by Gasteiger charge is -2.19. The summed E-state index contributed by atoms with van der Waals surface area (Å²) in [6.07, 6.45) is 0.0293. The maximum Gasteiger partial charge on any atom is 0.356 e. The second-order valence-electron chi connectivity index (χ2n) is 5.22. The summed E-state index contributed by atoms with van der Waals surface area (Å²) in [6, 6.07) is 3.44. The largest absolute Gasteiger partial charge is 0.464 e. The van der Waals surface area contributed by atoms with Gasteiger partial charge in [-0.15, -0.1) is 0 Å². The number of aromatic nitrogens is 1. The van der Waals surface area contributed by atoms with Crippen molar-refractivity contribution in [1.82, 2.24) is 4.98 Å². The number of rotatable bonds is 3. The van der Waals surface area contributed by atoms with Crippen molar-refractivity contribution in [2.45, 2.75) is 39.7 Å². The maximum absolute atomic E-state index is 11.7. The van der Waals surface area contributed by atoms with Crippen LogP contribution in [0.25, 0.3) is 0 Å². The van der Waals surface area contributed by atoms with Gasteiger partial charge in [0.15, 0.2) is 5.69 Å². The fraction of sp³-hybridized carbons (Fsp3) is 0.500. The minimum Gasteiger partial charge on any atom is -0.464 e. The van der Waals surface area contributed by atoms with Crippen LogP contribution in [0.5, 0.6) is 0 Å². The standard InChI is InChI=1S/C14H19NO4/c1-9-6-7-10(15-12(9)13(17)18-5)8-11(16)19-14(2,3)4/h6-7H,8H2,1-5H3. The molecule has 0 aliphatic heterocycles. The number of esters is 2. The Morgan fingerprint density at radius 2 is 1.89 bits per heavy atom. The molecule has 5 nitrogen and oxygen atoms in total. The number of methoxy groups -OCH3 is 1. The van der Waals surface area contributed by atoms with Crippen LogP contribution in [-0.4, -0.2) is 29.6 Å². The molecule has 0 aromatic carbocycles. The molecule has 0 fully saturated rings. The number of nitrogens with zero attached hydrogens (tertiary/aromatic N) is 1. The summed E-state index contributed by atoms with van der Waals surface area (Å²) in [5.41, 5.74) is 0.885. The molecule has 0 saturated carbocycles. The molecule has 5 heteroatoms. The van der Waals surface area contributed by atoms with Gasteiger partial charge in [0.25, 0.3) is 0 Å². The topological polar surface area (TPSA) is 65.5 Å². The molecule has 0 unspecified atom stereocenters. The number of aryl methyl sites for hydroxylation is 1. The molecule has 104 valence electrons. The van der Waals surface area contributed by atoms with Gasteiger partial charge >= 0.3 is 11.9 Å². The fourth-order valence-corrected chi connectivity index (χ4v) is 1.50. The number of hydrogen-bond acceptors (Lipinski definition) is 5. The summed E-state index contributed by atoms with van der Waals surface area (Å²) in [5, 5.41) is 0. The van der Waals surface area contributed by atoms with Gasteiger partial charge in [0.05, 0.1) is 19.2 Å². The molecule has 0 atom stereocenters. The molecule has 0 spiro atoms. The quantitative estimate of drug-likeness (QED) is 0.783. The summed E-state index contributed by atoms with van der Waals surface area (Å²) >= 11 is 0. The number of hydrogen-bond donors (Lipinski definition) is 0. The van der Waals surface area contributed by atoms with Crippen LogP contribution in [0.4, 0.5) is 0 Å². The Balaban J connectivity index is 2.86. The molecule has 0 N–H and O–H groups in total. The van der Waals surface area contributed by atoms with E-state index in [1.54, 1.807) is 39.8 Å². The van der Waals surface area contributed by atoms with E-state index in [9.17, 15) is 9.59 Å². The van der Waals surface area contributed by atoms with Gasteiger partial charge in [-0.2, -0.15) is 0 Å². The lowest BCUT2D eigenvalue weighted by Crippen LogP contribution is -2.25. The zero-order chi connectivity index (χ0) is 14.6. The average Bonchev–Trinajstić information content (AvgIpc) is 2.28. The lowest BCUT2D eigenvalue weighted by molar-refractivity contribution is -0.154. The van der Waals surface area contributed by atoms with E-state index in [4.69, 9.17) is 4.74 Å². The Bertz CT molecular complexity index is 489. The van der Waals surface area contributed by atoms with Gasteiger partial charge in [0.2, 0.25) is 0 Å². The summed E-state index contributed by atoms with van der Waals surface area (Å²) in [6.45, 7) is 7.16. The normalized spacial score (nSPS) is 11.0. The molecular formula is C14H19NO4. The highest BCUT2D eigenvalue weighted by Crippen LogP contribution is 2.12. The number of carbonyl (C=O) groups is 2. The zero-order valence-corrected chi connectivity index (χ0v) is 11.9. The maximum atomic E-state index is 11.7. The number of carbonyl (C=O) groups excluding carboxylic acids is 2. The number of pyridine rings is 1. The molecule has 0 saturated heterocycles. The third kappa shape index (κ3) is 4.69. The van der Waals surface area contributed by atoms with Crippen molar-refractivity contribution < 1.29 is 19.1 Å². The predicted octanol–water partition coefficient (Wildman–Crippen LogP) is 2.06. The lowest BCUT2D eigenvalue weighted by atomic mass is 10.1. The van der Waals surface area contributed by atoms with Crippen molar-refractivity contribution in [3.63, 3.8) is 0 Å². The highest BCUT2D eigenvalue weighted by atomic mass is 16.6. The smallest absolute Gasteiger partial charge is 0.356 e. The van der Waals surface area contributed by atoms with E-state index in [2.05, 4.69) is 9.72 Å². The first-order valence-corrected chi connectivity index (χ1v) is 5.99. The molecule has 0 aliphatic carbocycles. The Kier molecular flexibility index (Phi) is 4.64. The van der Waals surface area contributed by atoms with Gasteiger partial charge in [-0.1, -0.05) is 6.07 Å². The molecule has 1 aromatic rings. The Morgan fingerprint density at radius 1 is 1.26 bits per heavy atom. The van der Waals surface area contributed by atoms with Gasteiger partial charge in [-0.3, -0.25) is 4.79 Å².